The van der Waals surface area contributed by atoms with E-state index in [0.717, 1.165) is 96.3 Å². The number of esters is 2. The number of rotatable bonds is 50. The van der Waals surface area contributed by atoms with Crippen LogP contribution in [0.4, 0.5) is 0 Å². The van der Waals surface area contributed by atoms with Gasteiger partial charge in [0.2, 0.25) is 0 Å². The molecule has 0 saturated heterocycles. The van der Waals surface area contributed by atoms with Gasteiger partial charge in [-0.1, -0.05) is 232 Å². The van der Waals surface area contributed by atoms with Crippen LogP contribution in [0.3, 0.4) is 0 Å². The number of carbonyl (C=O) groups is 2. The van der Waals surface area contributed by atoms with Crippen molar-refractivity contribution in [2.75, 3.05) is 19.8 Å². The van der Waals surface area contributed by atoms with Gasteiger partial charge in [0.25, 0.3) is 0 Å². The van der Waals surface area contributed by atoms with Gasteiger partial charge in [0.15, 0.2) is 6.10 Å². The van der Waals surface area contributed by atoms with E-state index in [1.165, 1.54) is 103 Å². The fourth-order valence-corrected chi connectivity index (χ4v) is 7.37. The molecule has 68 heavy (non-hydrogen) atoms. The predicted octanol–water partition coefficient (Wildman–Crippen LogP) is 19.3. The van der Waals surface area contributed by atoms with Gasteiger partial charge in [0, 0.05) is 19.4 Å². The molecular weight excluding hydrogens is 837 g/mol. The minimum Gasteiger partial charge on any atom is -0.462 e. The van der Waals surface area contributed by atoms with Crippen LogP contribution in [0.2, 0.25) is 0 Å². The molecule has 0 amide bonds. The number of ether oxygens (including phenoxy) is 3. The summed E-state index contributed by atoms with van der Waals surface area (Å²) in [6, 6.07) is 0. The number of allylic oxidation sites excluding steroid dienone is 20. The lowest BCUT2D eigenvalue weighted by atomic mass is 10.1. The number of unbranched alkanes of at least 4 members (excludes halogenated alkanes) is 19. The van der Waals surface area contributed by atoms with Gasteiger partial charge in [-0.25, -0.2) is 0 Å². The number of hydrogen-bond donors (Lipinski definition) is 0. The molecule has 0 aromatic heterocycles. The van der Waals surface area contributed by atoms with Crippen molar-refractivity contribution < 1.29 is 23.8 Å². The van der Waals surface area contributed by atoms with Crippen molar-refractivity contribution in [2.24, 2.45) is 0 Å². The summed E-state index contributed by atoms with van der Waals surface area (Å²) in [4.78, 5) is 25.4. The highest BCUT2D eigenvalue weighted by atomic mass is 16.6. The highest BCUT2D eigenvalue weighted by Gasteiger charge is 2.17. The van der Waals surface area contributed by atoms with Gasteiger partial charge in [0.05, 0.1) is 6.61 Å². The third kappa shape index (κ3) is 54.9. The van der Waals surface area contributed by atoms with Gasteiger partial charge in [0.1, 0.15) is 6.61 Å². The Balaban J connectivity index is 4.39. The molecular formula is C63H104O5. The van der Waals surface area contributed by atoms with E-state index in [4.69, 9.17) is 14.2 Å². The third-order valence-corrected chi connectivity index (χ3v) is 11.5. The first kappa shape index (κ1) is 64.3. The quantitative estimate of drug-likeness (QED) is 0.0345. The molecule has 0 aliphatic carbocycles. The zero-order chi connectivity index (χ0) is 49.2. The Morgan fingerprint density at radius 2 is 0.691 bits per heavy atom. The van der Waals surface area contributed by atoms with Crippen LogP contribution < -0.4 is 0 Å². The van der Waals surface area contributed by atoms with Crippen molar-refractivity contribution in [3.05, 3.63) is 122 Å². The second kappa shape index (κ2) is 57.6. The van der Waals surface area contributed by atoms with E-state index in [1.807, 2.05) is 6.08 Å². The van der Waals surface area contributed by atoms with Crippen LogP contribution in [0.1, 0.15) is 239 Å². The van der Waals surface area contributed by atoms with E-state index in [0.29, 0.717) is 25.9 Å². The summed E-state index contributed by atoms with van der Waals surface area (Å²) < 4.78 is 17.4. The molecule has 0 aromatic rings. The lowest BCUT2D eigenvalue weighted by Gasteiger charge is -2.18. The average molecular weight is 942 g/mol. The van der Waals surface area contributed by atoms with Gasteiger partial charge in [-0.05, 0) is 116 Å². The van der Waals surface area contributed by atoms with Crippen molar-refractivity contribution >= 4 is 11.9 Å². The Bertz CT molecular complexity index is 1390. The van der Waals surface area contributed by atoms with Crippen molar-refractivity contribution in [1.29, 1.82) is 0 Å². The van der Waals surface area contributed by atoms with Crippen LogP contribution in [-0.2, 0) is 23.8 Å². The van der Waals surface area contributed by atoms with Crippen molar-refractivity contribution in [2.45, 2.75) is 245 Å². The van der Waals surface area contributed by atoms with E-state index < -0.39 is 6.10 Å². The van der Waals surface area contributed by atoms with Crippen molar-refractivity contribution in [3.63, 3.8) is 0 Å². The van der Waals surface area contributed by atoms with E-state index >= 15 is 0 Å². The molecule has 1 unspecified atom stereocenters. The second-order valence-electron chi connectivity index (χ2n) is 18.1. The van der Waals surface area contributed by atoms with Crippen LogP contribution in [0.25, 0.3) is 0 Å². The van der Waals surface area contributed by atoms with E-state index in [-0.39, 0.29) is 25.2 Å². The van der Waals surface area contributed by atoms with Crippen LogP contribution in [0, 0.1) is 0 Å². The lowest BCUT2D eigenvalue weighted by Crippen LogP contribution is -2.30. The Hall–Kier alpha value is -3.70. The number of carbonyl (C=O) groups excluding carboxylic acids is 2. The molecule has 0 fully saturated rings. The minimum absolute atomic E-state index is 0.0262. The van der Waals surface area contributed by atoms with Crippen LogP contribution in [0.15, 0.2) is 122 Å². The third-order valence-electron chi connectivity index (χ3n) is 11.5. The smallest absolute Gasteiger partial charge is 0.306 e. The molecule has 0 spiro atoms. The predicted molar refractivity (Wildman–Crippen MR) is 297 cm³/mol. The monoisotopic (exact) mass is 941 g/mol. The first-order valence-corrected chi connectivity index (χ1v) is 28.1. The minimum atomic E-state index is -0.591. The summed E-state index contributed by atoms with van der Waals surface area (Å²) >= 11 is 0. The molecule has 0 radical (unpaired) electrons. The Morgan fingerprint density at radius 1 is 0.338 bits per heavy atom. The molecule has 0 rings (SSSR count). The molecule has 0 bridgehead atoms. The summed E-state index contributed by atoms with van der Waals surface area (Å²) in [5, 5.41) is 0. The Morgan fingerprint density at radius 3 is 1.13 bits per heavy atom. The Labute approximate surface area is 420 Å². The topological polar surface area (TPSA) is 61.8 Å². The molecule has 5 heteroatoms. The highest BCUT2D eigenvalue weighted by molar-refractivity contribution is 5.70. The van der Waals surface area contributed by atoms with Gasteiger partial charge in [-0.15, -0.1) is 0 Å². The summed E-state index contributed by atoms with van der Waals surface area (Å²) in [6.07, 6.45) is 80.9. The van der Waals surface area contributed by atoms with Crippen LogP contribution in [0.5, 0.6) is 0 Å². The van der Waals surface area contributed by atoms with Gasteiger partial charge in [-0.2, -0.15) is 0 Å². The first-order chi connectivity index (χ1) is 33.6. The second-order valence-corrected chi connectivity index (χ2v) is 18.1. The summed E-state index contributed by atoms with van der Waals surface area (Å²) in [5.74, 6) is -0.533. The molecule has 1 atom stereocenters. The lowest BCUT2D eigenvalue weighted by molar-refractivity contribution is -0.162. The highest BCUT2D eigenvalue weighted by Crippen LogP contribution is 2.14. The van der Waals surface area contributed by atoms with Gasteiger partial charge < -0.3 is 14.2 Å². The summed E-state index contributed by atoms with van der Waals surface area (Å²) in [5.41, 5.74) is 0. The van der Waals surface area contributed by atoms with Crippen molar-refractivity contribution in [1.82, 2.24) is 0 Å². The first-order valence-electron chi connectivity index (χ1n) is 28.1. The maximum Gasteiger partial charge on any atom is 0.306 e. The van der Waals surface area contributed by atoms with E-state index in [1.54, 1.807) is 0 Å². The van der Waals surface area contributed by atoms with E-state index in [2.05, 4.69) is 136 Å². The molecule has 0 aliphatic heterocycles. The van der Waals surface area contributed by atoms with E-state index in [9.17, 15) is 9.59 Å². The normalized spacial score (nSPS) is 13.2. The maximum absolute atomic E-state index is 12.8. The number of hydrogen-bond acceptors (Lipinski definition) is 5. The van der Waals surface area contributed by atoms with Crippen LogP contribution >= 0.6 is 0 Å². The zero-order valence-electron chi connectivity index (χ0n) is 44.3. The summed E-state index contributed by atoms with van der Waals surface area (Å²) in [6.45, 7) is 7.48. The molecule has 5 nitrogen and oxygen atoms in total. The van der Waals surface area contributed by atoms with Gasteiger partial charge in [-0.3, -0.25) is 9.59 Å². The van der Waals surface area contributed by atoms with Crippen LogP contribution in [-0.4, -0.2) is 37.9 Å². The molecule has 0 aromatic carbocycles. The van der Waals surface area contributed by atoms with Gasteiger partial charge >= 0.3 is 11.9 Å². The molecule has 386 valence electrons. The zero-order valence-corrected chi connectivity index (χ0v) is 44.3. The maximum atomic E-state index is 12.8. The molecule has 0 heterocycles. The average Bonchev–Trinajstić information content (AvgIpc) is 3.34. The van der Waals surface area contributed by atoms with Crippen molar-refractivity contribution in [3.8, 4) is 0 Å². The Kier molecular flexibility index (Phi) is 54.5. The molecule has 0 saturated carbocycles. The fraction of sp³-hybridized carbons (Fsp3) is 0.651. The largest absolute Gasteiger partial charge is 0.462 e. The molecule has 0 aliphatic rings. The SMILES string of the molecule is CC/C=C\C/C=C\C/C=C\C/C=C\C/C=C\C/C=C\CCC(=O)OCC(COCCCCCCCCCCCC/C=C\CCCCCCCC)OC(=O)CCCCC/C=C\C/C=C\C/C=C\CC. The summed E-state index contributed by atoms with van der Waals surface area (Å²) in [7, 11) is 0. The fourth-order valence-electron chi connectivity index (χ4n) is 7.37. The molecule has 0 N–H and O–H groups in total. The standard InChI is InChI=1S/C63H104O5/c1-4-7-10-13-16-19-22-25-27-29-31-33-35-37-40-43-46-49-52-55-58-66-59-61(68-63(65)57-54-51-48-45-42-38-24-21-18-15-12-9-6-3)60-67-62(64)56-53-50-47-44-41-39-36-34-32-30-28-26-23-20-17-14-11-8-5-2/h8-9,11-12,17-18,20-21,25-28,32,34,38-39,41-42,47,50,61H,4-7,10,13-16,19,22-24,29-31,33,35-37,40,43-46,48-49,51-60H2,1-3H3/b11-8-,12-9-,20-17-,21-18-,27-25-,28-26-,34-32-,41-39-,42-38-,50-47-.